The van der Waals surface area contributed by atoms with Gasteiger partial charge in [0.05, 0.1) is 0 Å². The van der Waals surface area contributed by atoms with Crippen LogP contribution in [0.15, 0.2) is 0 Å². The van der Waals surface area contributed by atoms with Gasteiger partial charge in [-0.3, -0.25) is 14.7 Å². The van der Waals surface area contributed by atoms with E-state index in [-0.39, 0.29) is 0 Å². The quantitative estimate of drug-likeness (QED) is 0.604. The molecule has 0 saturated carbocycles. The van der Waals surface area contributed by atoms with Gasteiger partial charge in [-0.15, -0.1) is 0 Å². The molecule has 0 rings (SSSR count). The Labute approximate surface area is 63.1 Å². The molecule has 0 aliphatic carbocycles. The van der Waals surface area contributed by atoms with Crippen molar-refractivity contribution in [2.45, 2.75) is 20.8 Å². The highest BCUT2D eigenvalue weighted by molar-refractivity contribution is 7.59. The minimum absolute atomic E-state index is 0.675. The summed E-state index contributed by atoms with van der Waals surface area (Å²) in [6.45, 7) is 7.36. The second-order valence-electron chi connectivity index (χ2n) is 2.08. The first-order valence-corrected chi connectivity index (χ1v) is 5.67. The maximum Gasteiger partial charge on any atom is 0.211 e. The van der Waals surface area contributed by atoms with Crippen LogP contribution in [0.4, 0.5) is 0 Å². The summed E-state index contributed by atoms with van der Waals surface area (Å²) in [5, 5.41) is 5.91. The summed E-state index contributed by atoms with van der Waals surface area (Å²) in [6, 6.07) is 0. The minimum Gasteiger partial charge on any atom is -0.289 e. The van der Waals surface area contributed by atoms with Gasteiger partial charge in [-0.05, 0) is 13.1 Å². The lowest BCUT2D eigenvalue weighted by atomic mass is 10.8. The topological polar surface area (TPSA) is 41.1 Å². The Kier molecular flexibility index (Phi) is 4.96. The van der Waals surface area contributed by atoms with E-state index in [0.29, 0.717) is 6.16 Å². The van der Waals surface area contributed by atoms with E-state index in [1.165, 1.54) is 0 Å². The third-order valence-corrected chi connectivity index (χ3v) is 3.82. The Morgan fingerprint density at radius 3 is 1.70 bits per heavy atom. The zero-order valence-corrected chi connectivity index (χ0v) is 7.87. The van der Waals surface area contributed by atoms with Crippen molar-refractivity contribution in [3.05, 3.63) is 0 Å². The van der Waals surface area contributed by atoms with Crippen molar-refractivity contribution in [2.75, 3.05) is 19.3 Å². The predicted octanol–water partition coefficient (Wildman–Crippen LogP) is 1.42. The van der Waals surface area contributed by atoms with E-state index in [9.17, 15) is 4.57 Å². The third-order valence-electron chi connectivity index (χ3n) is 1.27. The molecule has 2 N–H and O–H groups in total. The lowest BCUT2D eigenvalue weighted by Crippen LogP contribution is -2.23. The van der Waals surface area contributed by atoms with Crippen molar-refractivity contribution in [3.63, 3.8) is 0 Å². The van der Waals surface area contributed by atoms with Crippen molar-refractivity contribution in [1.29, 1.82) is 0 Å². The van der Waals surface area contributed by atoms with Crippen LogP contribution in [0.1, 0.15) is 20.8 Å². The maximum absolute atomic E-state index is 11.6. The molecule has 62 valence electrons. The van der Waals surface area contributed by atoms with Gasteiger partial charge < -0.3 is 0 Å². The summed E-state index contributed by atoms with van der Waals surface area (Å²) in [7, 11) is -2.20. The van der Waals surface area contributed by atoms with Gasteiger partial charge in [-0.25, -0.2) is 0 Å². The number of nitrogens with one attached hydrogen (secondary N) is 2. The molecule has 0 saturated heterocycles. The van der Waals surface area contributed by atoms with Crippen LogP contribution >= 0.6 is 7.44 Å². The molecule has 0 aromatic carbocycles. The highest BCUT2D eigenvalue weighted by atomic mass is 31.2. The van der Waals surface area contributed by atoms with Crippen molar-refractivity contribution in [1.82, 2.24) is 10.2 Å². The van der Waals surface area contributed by atoms with Crippen LogP contribution in [-0.2, 0) is 4.57 Å². The molecule has 3 nitrogen and oxygen atoms in total. The van der Waals surface area contributed by atoms with Gasteiger partial charge in [0.25, 0.3) is 0 Å². The van der Waals surface area contributed by atoms with Gasteiger partial charge in [0.15, 0.2) is 0 Å². The average molecular weight is 164 g/mol. The molecule has 0 amide bonds. The summed E-state index contributed by atoms with van der Waals surface area (Å²) < 4.78 is 11.6. The Hall–Kier alpha value is 0.150. The van der Waals surface area contributed by atoms with E-state index >= 15 is 0 Å². The molecule has 10 heavy (non-hydrogen) atoms. The van der Waals surface area contributed by atoms with Crippen LogP contribution in [0, 0.1) is 0 Å². The summed E-state index contributed by atoms with van der Waals surface area (Å²) in [6.07, 6.45) is 0.675. The predicted molar refractivity (Wildman–Crippen MR) is 45.5 cm³/mol. The first-order chi connectivity index (χ1) is 4.68. The SMILES string of the molecule is CCNP(=O)(CC)NCC. The monoisotopic (exact) mass is 164 g/mol. The van der Waals surface area contributed by atoms with Crippen LogP contribution in [-0.4, -0.2) is 19.3 Å². The van der Waals surface area contributed by atoms with Crippen LogP contribution in [0.25, 0.3) is 0 Å². The molecule has 0 aromatic heterocycles. The summed E-state index contributed by atoms with van der Waals surface area (Å²) in [5.74, 6) is 0. The Balaban J connectivity index is 3.83. The van der Waals surface area contributed by atoms with Crippen LogP contribution in [0.2, 0.25) is 0 Å². The molecule has 0 aliphatic rings. The molecular formula is C6H17N2OP. The van der Waals surface area contributed by atoms with Gasteiger partial charge in [0.2, 0.25) is 7.44 Å². The Morgan fingerprint density at radius 1 is 1.10 bits per heavy atom. The van der Waals surface area contributed by atoms with Crippen molar-refractivity contribution >= 4 is 7.44 Å². The summed E-state index contributed by atoms with van der Waals surface area (Å²) >= 11 is 0. The summed E-state index contributed by atoms with van der Waals surface area (Å²) in [4.78, 5) is 0. The van der Waals surface area contributed by atoms with E-state index in [1.54, 1.807) is 0 Å². The van der Waals surface area contributed by atoms with Gasteiger partial charge >= 0.3 is 0 Å². The first kappa shape index (κ1) is 10.2. The van der Waals surface area contributed by atoms with Crippen LogP contribution in [0.3, 0.4) is 0 Å². The van der Waals surface area contributed by atoms with Gasteiger partial charge in [-0.1, -0.05) is 20.8 Å². The minimum atomic E-state index is -2.20. The van der Waals surface area contributed by atoms with Crippen molar-refractivity contribution in [3.8, 4) is 0 Å². The fourth-order valence-electron chi connectivity index (χ4n) is 0.790. The van der Waals surface area contributed by atoms with Crippen LogP contribution in [0.5, 0.6) is 0 Å². The molecule has 4 heteroatoms. The highest BCUT2D eigenvalue weighted by Crippen LogP contribution is 2.33. The average Bonchev–Trinajstić information content (AvgIpc) is 1.89. The van der Waals surface area contributed by atoms with Crippen molar-refractivity contribution < 1.29 is 4.57 Å². The summed E-state index contributed by atoms with van der Waals surface area (Å²) in [5.41, 5.74) is 0. The van der Waals surface area contributed by atoms with Gasteiger partial charge in [0.1, 0.15) is 0 Å². The van der Waals surface area contributed by atoms with E-state index < -0.39 is 7.44 Å². The zero-order valence-electron chi connectivity index (χ0n) is 6.98. The third kappa shape index (κ3) is 3.35. The molecule has 0 spiro atoms. The lowest BCUT2D eigenvalue weighted by Gasteiger charge is -2.16. The number of rotatable bonds is 5. The molecule has 0 atom stereocenters. The fraction of sp³-hybridized carbons (Fsp3) is 1.00. The normalized spacial score (nSPS) is 11.9. The zero-order chi connectivity index (χ0) is 8.04. The lowest BCUT2D eigenvalue weighted by molar-refractivity contribution is 0.556. The highest BCUT2D eigenvalue weighted by Gasteiger charge is 2.14. The Bertz CT molecular complexity index is 117. The second-order valence-corrected chi connectivity index (χ2v) is 4.82. The smallest absolute Gasteiger partial charge is 0.211 e. The van der Waals surface area contributed by atoms with Crippen LogP contribution < -0.4 is 10.2 Å². The second kappa shape index (κ2) is 4.89. The molecule has 0 aromatic rings. The van der Waals surface area contributed by atoms with E-state index in [4.69, 9.17) is 0 Å². The molecule has 0 unspecified atom stereocenters. The van der Waals surface area contributed by atoms with E-state index in [0.717, 1.165) is 13.1 Å². The van der Waals surface area contributed by atoms with Crippen molar-refractivity contribution in [2.24, 2.45) is 0 Å². The largest absolute Gasteiger partial charge is 0.289 e. The fourth-order valence-corrected chi connectivity index (χ4v) is 2.37. The Morgan fingerprint density at radius 2 is 1.50 bits per heavy atom. The van der Waals surface area contributed by atoms with E-state index in [1.807, 2.05) is 20.8 Å². The molecule has 0 aliphatic heterocycles. The molecule has 0 fully saturated rings. The molecule has 0 bridgehead atoms. The molecule has 0 heterocycles. The van der Waals surface area contributed by atoms with E-state index in [2.05, 4.69) is 10.2 Å². The van der Waals surface area contributed by atoms with Gasteiger partial charge in [-0.2, -0.15) is 0 Å². The van der Waals surface area contributed by atoms with Gasteiger partial charge in [0, 0.05) is 6.16 Å². The maximum atomic E-state index is 11.6. The first-order valence-electron chi connectivity index (χ1n) is 3.77. The molecule has 0 radical (unpaired) electrons. The standard InChI is InChI=1S/C6H17N2OP/c1-4-7-10(9,6-3)8-5-2/h4-6H2,1-3H3,(H2,7,8,9). The number of hydrogen-bond donors (Lipinski definition) is 2. The molecular weight excluding hydrogens is 147 g/mol. The number of hydrogen-bond acceptors (Lipinski definition) is 1.